The fourth-order valence-corrected chi connectivity index (χ4v) is 1.64. The largest absolute Gasteiger partial charge is 0.396 e. The maximum absolute atomic E-state index is 12.2. The minimum atomic E-state index is -0.414. The molecular formula is C13H28N2O2. The molecule has 0 radical (unpaired) electrons. The number of nitrogens with zero attached hydrogens (tertiary/aromatic N) is 1. The Morgan fingerprint density at radius 2 is 1.82 bits per heavy atom. The first-order chi connectivity index (χ1) is 7.90. The summed E-state index contributed by atoms with van der Waals surface area (Å²) in [5.74, 6) is 0.633. The predicted octanol–water partition coefficient (Wildman–Crippen LogP) is 1.23. The number of hydrogen-bond acceptors (Lipinski definition) is 3. The fraction of sp³-hybridized carbons (Fsp3) is 0.923. The van der Waals surface area contributed by atoms with Crippen LogP contribution in [0.2, 0.25) is 0 Å². The van der Waals surface area contributed by atoms with E-state index in [0.717, 1.165) is 19.4 Å². The third-order valence-electron chi connectivity index (χ3n) is 2.74. The Labute approximate surface area is 105 Å². The molecule has 0 aliphatic carbocycles. The van der Waals surface area contributed by atoms with E-state index in [2.05, 4.69) is 13.8 Å². The summed E-state index contributed by atoms with van der Waals surface area (Å²) in [7, 11) is 0. The Kier molecular flexibility index (Phi) is 8.17. The molecule has 1 unspecified atom stereocenters. The topological polar surface area (TPSA) is 66.6 Å². The molecule has 0 aromatic heterocycles. The van der Waals surface area contributed by atoms with Gasteiger partial charge in [-0.1, -0.05) is 27.7 Å². The lowest BCUT2D eigenvalue weighted by Gasteiger charge is -2.28. The highest BCUT2D eigenvalue weighted by molar-refractivity contribution is 5.81. The maximum atomic E-state index is 12.2. The third-order valence-corrected chi connectivity index (χ3v) is 2.74. The fourth-order valence-electron chi connectivity index (χ4n) is 1.64. The van der Waals surface area contributed by atoms with Crippen LogP contribution in [0.5, 0.6) is 0 Å². The second-order valence-corrected chi connectivity index (χ2v) is 5.38. The van der Waals surface area contributed by atoms with Crippen LogP contribution in [-0.2, 0) is 4.79 Å². The van der Waals surface area contributed by atoms with Gasteiger partial charge < -0.3 is 15.7 Å². The minimum Gasteiger partial charge on any atom is -0.396 e. The molecule has 0 bridgehead atoms. The number of amides is 1. The minimum absolute atomic E-state index is 0.0339. The van der Waals surface area contributed by atoms with Gasteiger partial charge in [-0.2, -0.15) is 0 Å². The van der Waals surface area contributed by atoms with Crippen LogP contribution < -0.4 is 5.73 Å². The number of hydrogen-bond donors (Lipinski definition) is 2. The number of carbonyl (C=O) groups is 1. The molecule has 0 saturated heterocycles. The summed E-state index contributed by atoms with van der Waals surface area (Å²) in [5, 5.41) is 8.77. The average molecular weight is 244 g/mol. The van der Waals surface area contributed by atoms with E-state index in [1.54, 1.807) is 0 Å². The Morgan fingerprint density at radius 1 is 1.24 bits per heavy atom. The number of unbranched alkanes of at least 4 members (excludes halogenated alkanes) is 1. The number of carbonyl (C=O) groups excluding carboxylic acids is 1. The van der Waals surface area contributed by atoms with Crippen molar-refractivity contribution in [2.45, 2.75) is 46.6 Å². The molecular weight excluding hydrogens is 216 g/mol. The zero-order chi connectivity index (χ0) is 13.4. The van der Waals surface area contributed by atoms with Crippen molar-refractivity contribution in [1.29, 1.82) is 0 Å². The number of nitrogens with two attached hydrogens (primary N) is 1. The Bertz CT molecular complexity index is 217. The van der Waals surface area contributed by atoms with Gasteiger partial charge in [0.25, 0.3) is 0 Å². The molecule has 1 atom stereocenters. The molecule has 0 aromatic rings. The molecule has 0 aliphatic heterocycles. The van der Waals surface area contributed by atoms with Crippen LogP contribution in [0.25, 0.3) is 0 Å². The highest BCUT2D eigenvalue weighted by Crippen LogP contribution is 2.08. The summed E-state index contributed by atoms with van der Waals surface area (Å²) in [6.07, 6.45) is 1.57. The van der Waals surface area contributed by atoms with Gasteiger partial charge in [-0.3, -0.25) is 4.79 Å². The number of rotatable bonds is 8. The van der Waals surface area contributed by atoms with Crippen molar-refractivity contribution < 1.29 is 9.90 Å². The van der Waals surface area contributed by atoms with Crippen LogP contribution in [0, 0.1) is 11.8 Å². The van der Waals surface area contributed by atoms with Crippen molar-refractivity contribution in [3.05, 3.63) is 0 Å². The first kappa shape index (κ1) is 16.4. The van der Waals surface area contributed by atoms with Gasteiger partial charge in [0, 0.05) is 19.7 Å². The summed E-state index contributed by atoms with van der Waals surface area (Å²) in [4.78, 5) is 14.0. The molecule has 0 spiro atoms. The number of aliphatic hydroxyl groups is 1. The lowest BCUT2D eigenvalue weighted by atomic mass is 10.0. The molecule has 0 aliphatic rings. The van der Waals surface area contributed by atoms with Gasteiger partial charge in [0.05, 0.1) is 6.04 Å². The van der Waals surface area contributed by atoms with Gasteiger partial charge in [0.15, 0.2) is 0 Å². The molecule has 102 valence electrons. The lowest BCUT2D eigenvalue weighted by molar-refractivity contribution is -0.134. The quantitative estimate of drug-likeness (QED) is 0.631. The van der Waals surface area contributed by atoms with Crippen molar-refractivity contribution in [2.24, 2.45) is 17.6 Å². The van der Waals surface area contributed by atoms with Crippen LogP contribution in [0.4, 0.5) is 0 Å². The molecule has 0 aromatic carbocycles. The van der Waals surface area contributed by atoms with E-state index in [4.69, 9.17) is 10.8 Å². The average Bonchev–Trinajstić information content (AvgIpc) is 2.25. The molecule has 3 N–H and O–H groups in total. The van der Waals surface area contributed by atoms with Crippen LogP contribution in [0.15, 0.2) is 0 Å². The molecule has 4 heteroatoms. The van der Waals surface area contributed by atoms with Gasteiger partial charge in [-0.25, -0.2) is 0 Å². The first-order valence-corrected chi connectivity index (χ1v) is 6.55. The van der Waals surface area contributed by atoms with Crippen molar-refractivity contribution in [2.75, 3.05) is 19.7 Å². The summed E-state index contributed by atoms with van der Waals surface area (Å²) in [6.45, 7) is 9.72. The molecule has 17 heavy (non-hydrogen) atoms. The van der Waals surface area contributed by atoms with Gasteiger partial charge in [-0.05, 0) is 24.7 Å². The standard InChI is InChI=1S/C13H28N2O2/c1-10(2)9-15(7-5-6-8-16)13(17)12(14)11(3)4/h10-12,16H,5-9,14H2,1-4H3. The van der Waals surface area contributed by atoms with Crippen molar-refractivity contribution in [3.8, 4) is 0 Å². The monoisotopic (exact) mass is 244 g/mol. The third kappa shape index (κ3) is 6.64. The summed E-state index contributed by atoms with van der Waals surface area (Å²) in [5.41, 5.74) is 5.90. The zero-order valence-corrected chi connectivity index (χ0v) is 11.6. The van der Waals surface area contributed by atoms with Crippen LogP contribution in [-0.4, -0.2) is 41.7 Å². The Balaban J connectivity index is 4.39. The molecule has 0 fully saturated rings. The Hall–Kier alpha value is -0.610. The van der Waals surface area contributed by atoms with E-state index in [9.17, 15) is 4.79 Å². The van der Waals surface area contributed by atoms with Crippen LogP contribution >= 0.6 is 0 Å². The van der Waals surface area contributed by atoms with Crippen molar-refractivity contribution in [1.82, 2.24) is 4.90 Å². The summed E-state index contributed by atoms with van der Waals surface area (Å²) in [6, 6.07) is -0.414. The van der Waals surface area contributed by atoms with Crippen molar-refractivity contribution >= 4 is 5.91 Å². The SMILES string of the molecule is CC(C)CN(CCCCO)C(=O)C(N)C(C)C. The molecule has 0 saturated carbocycles. The molecule has 1 amide bonds. The lowest BCUT2D eigenvalue weighted by Crippen LogP contribution is -2.48. The second kappa shape index (κ2) is 8.48. The van der Waals surface area contributed by atoms with E-state index in [-0.39, 0.29) is 18.4 Å². The highest BCUT2D eigenvalue weighted by Gasteiger charge is 2.23. The highest BCUT2D eigenvalue weighted by atomic mass is 16.3. The molecule has 0 heterocycles. The van der Waals surface area contributed by atoms with Crippen LogP contribution in [0.3, 0.4) is 0 Å². The smallest absolute Gasteiger partial charge is 0.239 e. The summed E-state index contributed by atoms with van der Waals surface area (Å²) >= 11 is 0. The van der Waals surface area contributed by atoms with E-state index in [1.807, 2.05) is 18.7 Å². The number of aliphatic hydroxyl groups excluding tert-OH is 1. The van der Waals surface area contributed by atoms with E-state index >= 15 is 0 Å². The molecule has 4 nitrogen and oxygen atoms in total. The normalized spacial score (nSPS) is 13.2. The van der Waals surface area contributed by atoms with Gasteiger partial charge in [0.1, 0.15) is 0 Å². The van der Waals surface area contributed by atoms with E-state index in [1.165, 1.54) is 0 Å². The first-order valence-electron chi connectivity index (χ1n) is 6.55. The van der Waals surface area contributed by atoms with Crippen molar-refractivity contribution in [3.63, 3.8) is 0 Å². The van der Waals surface area contributed by atoms with E-state index in [0.29, 0.717) is 12.5 Å². The predicted molar refractivity (Wildman–Crippen MR) is 70.6 cm³/mol. The molecule has 0 rings (SSSR count). The van der Waals surface area contributed by atoms with Crippen LogP contribution in [0.1, 0.15) is 40.5 Å². The zero-order valence-electron chi connectivity index (χ0n) is 11.6. The van der Waals surface area contributed by atoms with Gasteiger partial charge in [0.2, 0.25) is 5.91 Å². The maximum Gasteiger partial charge on any atom is 0.239 e. The van der Waals surface area contributed by atoms with Gasteiger partial charge in [-0.15, -0.1) is 0 Å². The summed E-state index contributed by atoms with van der Waals surface area (Å²) < 4.78 is 0. The Morgan fingerprint density at radius 3 is 2.24 bits per heavy atom. The second-order valence-electron chi connectivity index (χ2n) is 5.38. The van der Waals surface area contributed by atoms with Gasteiger partial charge >= 0.3 is 0 Å². The van der Waals surface area contributed by atoms with E-state index < -0.39 is 6.04 Å².